The first kappa shape index (κ1) is 15.5. The van der Waals surface area contributed by atoms with Crippen LogP contribution in [0.3, 0.4) is 0 Å². The van der Waals surface area contributed by atoms with Gasteiger partial charge in [0.05, 0.1) is 0 Å². The molecule has 23 heavy (non-hydrogen) atoms. The molecule has 0 radical (unpaired) electrons. The van der Waals surface area contributed by atoms with Gasteiger partial charge in [0, 0.05) is 32.0 Å². The van der Waals surface area contributed by atoms with Crippen LogP contribution in [0, 0.1) is 6.92 Å². The smallest absolute Gasteiger partial charge is 0.317 e. The third kappa shape index (κ3) is 3.70. The lowest BCUT2D eigenvalue weighted by Gasteiger charge is -2.24. The number of hydrogen-bond donors (Lipinski definition) is 1. The van der Waals surface area contributed by atoms with Crippen molar-refractivity contribution in [1.82, 2.24) is 20.4 Å². The first-order valence-electron chi connectivity index (χ1n) is 7.93. The van der Waals surface area contributed by atoms with Crippen molar-refractivity contribution in [3.05, 3.63) is 47.6 Å². The van der Waals surface area contributed by atoms with E-state index < -0.39 is 0 Å². The first-order chi connectivity index (χ1) is 11.1. The molecule has 0 atom stereocenters. The summed E-state index contributed by atoms with van der Waals surface area (Å²) in [5.74, 6) is 1.16. The average Bonchev–Trinajstić information content (AvgIpc) is 3.22. The van der Waals surface area contributed by atoms with E-state index in [2.05, 4.69) is 39.7 Å². The van der Waals surface area contributed by atoms with Crippen LogP contribution < -0.4 is 5.32 Å². The highest BCUT2D eigenvalue weighted by Gasteiger charge is 2.45. The molecule has 0 unspecified atom stereocenters. The third-order valence-corrected chi connectivity index (χ3v) is 4.31. The largest absolute Gasteiger partial charge is 0.339 e. The Morgan fingerprint density at radius 1 is 1.35 bits per heavy atom. The van der Waals surface area contributed by atoms with Crippen molar-refractivity contribution in [2.24, 2.45) is 0 Å². The predicted octanol–water partition coefficient (Wildman–Crippen LogP) is 2.29. The fourth-order valence-electron chi connectivity index (χ4n) is 2.86. The highest BCUT2D eigenvalue weighted by molar-refractivity contribution is 5.74. The Morgan fingerprint density at radius 2 is 2.09 bits per heavy atom. The lowest BCUT2D eigenvalue weighted by atomic mass is 9.95. The monoisotopic (exact) mass is 314 g/mol. The van der Waals surface area contributed by atoms with Crippen molar-refractivity contribution in [2.45, 2.75) is 31.6 Å². The number of aryl methyl sites for hydroxylation is 1. The third-order valence-electron chi connectivity index (χ3n) is 4.31. The molecule has 0 aliphatic heterocycles. The van der Waals surface area contributed by atoms with Crippen LogP contribution in [0.1, 0.15) is 30.1 Å². The Kier molecular flexibility index (Phi) is 4.32. The molecule has 6 nitrogen and oxygen atoms in total. The second-order valence-electron chi connectivity index (χ2n) is 6.22. The zero-order valence-corrected chi connectivity index (χ0v) is 13.6. The lowest BCUT2D eigenvalue weighted by Crippen LogP contribution is -2.42. The van der Waals surface area contributed by atoms with Crippen LogP contribution in [0.25, 0.3) is 0 Å². The molecular weight excluding hydrogens is 292 g/mol. The maximum atomic E-state index is 12.2. The Bertz CT molecular complexity index is 664. The van der Waals surface area contributed by atoms with Gasteiger partial charge in [0.1, 0.15) is 0 Å². The number of likely N-dealkylation sites (N-methyl/N-ethyl adjacent to an activating group) is 1. The van der Waals surface area contributed by atoms with Gasteiger partial charge in [-0.05, 0) is 25.3 Å². The van der Waals surface area contributed by atoms with Crippen LogP contribution in [0.5, 0.6) is 0 Å². The number of amides is 2. The van der Waals surface area contributed by atoms with Crippen LogP contribution in [0.15, 0.2) is 34.9 Å². The van der Waals surface area contributed by atoms with Crippen molar-refractivity contribution >= 4 is 6.03 Å². The standard InChI is InChI=1S/C17H22N4O2/c1-13-19-15(23-20-13)8-11-18-16(22)21(2)12-17(9-10-17)14-6-4-3-5-7-14/h3-7H,8-12H2,1-2H3,(H,18,22). The molecule has 2 amide bonds. The topological polar surface area (TPSA) is 71.3 Å². The van der Waals surface area contributed by atoms with Gasteiger partial charge in [-0.15, -0.1) is 0 Å². The van der Waals surface area contributed by atoms with Gasteiger partial charge < -0.3 is 14.7 Å². The van der Waals surface area contributed by atoms with E-state index in [4.69, 9.17) is 4.52 Å². The minimum Gasteiger partial charge on any atom is -0.339 e. The van der Waals surface area contributed by atoms with Crippen molar-refractivity contribution in [3.63, 3.8) is 0 Å². The van der Waals surface area contributed by atoms with E-state index in [1.807, 2.05) is 13.1 Å². The molecular formula is C17H22N4O2. The summed E-state index contributed by atoms with van der Waals surface area (Å²) < 4.78 is 5.03. The zero-order chi connectivity index (χ0) is 16.3. The van der Waals surface area contributed by atoms with Crippen LogP contribution >= 0.6 is 0 Å². The molecule has 0 spiro atoms. The molecule has 1 saturated carbocycles. The van der Waals surface area contributed by atoms with Gasteiger partial charge in [0.15, 0.2) is 5.82 Å². The van der Waals surface area contributed by atoms with E-state index in [0.717, 1.165) is 19.4 Å². The van der Waals surface area contributed by atoms with E-state index in [9.17, 15) is 4.79 Å². The number of hydrogen-bond acceptors (Lipinski definition) is 4. The highest BCUT2D eigenvalue weighted by Crippen LogP contribution is 2.48. The minimum atomic E-state index is -0.0663. The van der Waals surface area contributed by atoms with Crippen LogP contribution in [0.4, 0.5) is 4.79 Å². The molecule has 3 rings (SSSR count). The molecule has 122 valence electrons. The van der Waals surface area contributed by atoms with Crippen LogP contribution in [-0.4, -0.2) is 41.2 Å². The fourth-order valence-corrected chi connectivity index (χ4v) is 2.86. The second kappa shape index (κ2) is 6.40. The molecule has 1 heterocycles. The minimum absolute atomic E-state index is 0.0663. The van der Waals surface area contributed by atoms with Gasteiger partial charge in [-0.3, -0.25) is 0 Å². The van der Waals surface area contributed by atoms with Gasteiger partial charge >= 0.3 is 6.03 Å². The molecule has 1 aliphatic rings. The fraction of sp³-hybridized carbons (Fsp3) is 0.471. The number of nitrogens with one attached hydrogen (secondary N) is 1. The van der Waals surface area contributed by atoms with Gasteiger partial charge in [-0.2, -0.15) is 4.98 Å². The van der Waals surface area contributed by atoms with Crippen LogP contribution in [-0.2, 0) is 11.8 Å². The SMILES string of the molecule is Cc1noc(CCNC(=O)N(C)CC2(c3ccccc3)CC2)n1. The Morgan fingerprint density at radius 3 is 2.70 bits per heavy atom. The summed E-state index contributed by atoms with van der Waals surface area (Å²) in [4.78, 5) is 18.1. The summed E-state index contributed by atoms with van der Waals surface area (Å²) in [6, 6.07) is 10.4. The Labute approximate surface area is 135 Å². The van der Waals surface area contributed by atoms with E-state index in [-0.39, 0.29) is 11.4 Å². The van der Waals surface area contributed by atoms with Gasteiger partial charge in [-0.1, -0.05) is 35.5 Å². The maximum Gasteiger partial charge on any atom is 0.317 e. The van der Waals surface area contributed by atoms with Crippen molar-refractivity contribution in [2.75, 3.05) is 20.1 Å². The number of rotatable bonds is 6. The molecule has 1 aliphatic carbocycles. The number of nitrogens with zero attached hydrogens (tertiary/aromatic N) is 3. The van der Waals surface area contributed by atoms with E-state index in [1.54, 1.807) is 11.8 Å². The summed E-state index contributed by atoms with van der Waals surface area (Å²) in [5.41, 5.74) is 1.46. The normalized spacial score (nSPS) is 15.2. The molecule has 0 bridgehead atoms. The molecule has 2 aromatic rings. The zero-order valence-electron chi connectivity index (χ0n) is 13.6. The summed E-state index contributed by atoms with van der Waals surface area (Å²) in [6.45, 7) is 3.00. The average molecular weight is 314 g/mol. The summed E-state index contributed by atoms with van der Waals surface area (Å²) in [6.07, 6.45) is 2.82. The Balaban J connectivity index is 1.48. The molecule has 6 heteroatoms. The maximum absolute atomic E-state index is 12.2. The van der Waals surface area contributed by atoms with Gasteiger partial charge in [0.2, 0.25) is 5.89 Å². The number of benzene rings is 1. The van der Waals surface area contributed by atoms with Gasteiger partial charge in [-0.25, -0.2) is 4.79 Å². The van der Waals surface area contributed by atoms with Crippen molar-refractivity contribution in [3.8, 4) is 0 Å². The van der Waals surface area contributed by atoms with Gasteiger partial charge in [0.25, 0.3) is 0 Å². The second-order valence-corrected chi connectivity index (χ2v) is 6.22. The highest BCUT2D eigenvalue weighted by atomic mass is 16.5. The van der Waals surface area contributed by atoms with Crippen LogP contribution in [0.2, 0.25) is 0 Å². The summed E-state index contributed by atoms with van der Waals surface area (Å²) >= 11 is 0. The lowest BCUT2D eigenvalue weighted by molar-refractivity contribution is 0.204. The quantitative estimate of drug-likeness (QED) is 0.888. The molecule has 1 N–H and O–H groups in total. The summed E-state index contributed by atoms with van der Waals surface area (Å²) in [7, 11) is 1.84. The molecule has 1 aromatic heterocycles. The number of urea groups is 1. The van der Waals surface area contributed by atoms with Crippen molar-refractivity contribution < 1.29 is 9.32 Å². The van der Waals surface area contributed by atoms with E-state index >= 15 is 0 Å². The molecule has 1 fully saturated rings. The van der Waals surface area contributed by atoms with E-state index in [1.165, 1.54) is 5.56 Å². The number of carbonyl (C=O) groups is 1. The first-order valence-corrected chi connectivity index (χ1v) is 7.93. The Hall–Kier alpha value is -2.37. The molecule has 1 aromatic carbocycles. The van der Waals surface area contributed by atoms with E-state index in [0.29, 0.717) is 24.7 Å². The number of aromatic nitrogens is 2. The molecule has 0 saturated heterocycles. The predicted molar refractivity (Wildman–Crippen MR) is 86.1 cm³/mol. The van der Waals surface area contributed by atoms with Crippen molar-refractivity contribution in [1.29, 1.82) is 0 Å². The number of carbonyl (C=O) groups excluding carboxylic acids is 1. The summed E-state index contributed by atoms with van der Waals surface area (Å²) in [5, 5.41) is 6.63.